The lowest BCUT2D eigenvalue weighted by Crippen LogP contribution is -2.20. The van der Waals surface area contributed by atoms with Gasteiger partial charge in [-0.25, -0.2) is 8.78 Å². The molecule has 4 heteroatoms. The average Bonchev–Trinajstić information content (AvgIpc) is 3.26. The third-order valence-electron chi connectivity index (χ3n) is 4.18. The highest BCUT2D eigenvalue weighted by Crippen LogP contribution is 2.54. The van der Waals surface area contributed by atoms with Gasteiger partial charge in [-0.05, 0) is 58.9 Å². The summed E-state index contributed by atoms with van der Waals surface area (Å²) in [7, 11) is 1.80. The molecule has 0 bridgehead atoms. The molecule has 3 unspecified atom stereocenters. The van der Waals surface area contributed by atoms with Crippen LogP contribution in [0.3, 0.4) is 0 Å². The van der Waals surface area contributed by atoms with E-state index in [1.54, 1.807) is 7.05 Å². The minimum Gasteiger partial charge on any atom is -0.313 e. The fourth-order valence-corrected chi connectivity index (χ4v) is 3.36. The highest BCUT2D eigenvalue weighted by molar-refractivity contribution is 9.10. The summed E-state index contributed by atoms with van der Waals surface area (Å²) in [6.45, 7) is 0. The summed E-state index contributed by atoms with van der Waals surface area (Å²) in [5.41, 5.74) is 1.67. The Labute approximate surface area is 131 Å². The van der Waals surface area contributed by atoms with Crippen LogP contribution in [0, 0.1) is 17.6 Å². The van der Waals surface area contributed by atoms with E-state index >= 15 is 0 Å². The summed E-state index contributed by atoms with van der Waals surface area (Å²) in [5, 5.41) is 3.15. The van der Waals surface area contributed by atoms with Crippen molar-refractivity contribution in [3.05, 3.63) is 69.7 Å². The van der Waals surface area contributed by atoms with Crippen LogP contribution in [0.1, 0.15) is 29.5 Å². The van der Waals surface area contributed by atoms with Crippen molar-refractivity contribution in [3.63, 3.8) is 0 Å². The first-order valence-electron chi connectivity index (χ1n) is 6.98. The Morgan fingerprint density at radius 3 is 2.52 bits per heavy atom. The van der Waals surface area contributed by atoms with Gasteiger partial charge in [0.1, 0.15) is 11.6 Å². The van der Waals surface area contributed by atoms with Crippen LogP contribution in [-0.2, 0) is 0 Å². The van der Waals surface area contributed by atoms with E-state index in [1.165, 1.54) is 17.7 Å². The van der Waals surface area contributed by atoms with E-state index in [-0.39, 0.29) is 16.3 Å². The van der Waals surface area contributed by atoms with Crippen molar-refractivity contribution in [2.45, 2.75) is 18.4 Å². The molecule has 2 aromatic carbocycles. The summed E-state index contributed by atoms with van der Waals surface area (Å²) in [6.07, 6.45) is 0.993. The highest BCUT2D eigenvalue weighted by atomic mass is 79.9. The number of halogens is 3. The summed E-state index contributed by atoms with van der Waals surface area (Å²) in [4.78, 5) is 0. The molecule has 1 fully saturated rings. The van der Waals surface area contributed by atoms with Gasteiger partial charge in [0.25, 0.3) is 0 Å². The van der Waals surface area contributed by atoms with Gasteiger partial charge in [0, 0.05) is 11.6 Å². The van der Waals surface area contributed by atoms with Crippen LogP contribution in [-0.4, -0.2) is 7.05 Å². The summed E-state index contributed by atoms with van der Waals surface area (Å²) < 4.78 is 28.0. The Balaban J connectivity index is 1.86. The summed E-state index contributed by atoms with van der Waals surface area (Å²) >= 11 is 3.02. The molecule has 1 N–H and O–H groups in total. The van der Waals surface area contributed by atoms with Crippen LogP contribution in [0.4, 0.5) is 8.78 Å². The van der Waals surface area contributed by atoms with Crippen LogP contribution in [0.5, 0.6) is 0 Å². The second-order valence-corrected chi connectivity index (χ2v) is 6.33. The molecule has 0 heterocycles. The molecular formula is C17H16BrF2N. The summed E-state index contributed by atoms with van der Waals surface area (Å²) in [5.74, 6) is -0.0906. The van der Waals surface area contributed by atoms with Gasteiger partial charge in [0.2, 0.25) is 0 Å². The van der Waals surface area contributed by atoms with Gasteiger partial charge >= 0.3 is 0 Å². The van der Waals surface area contributed by atoms with Gasteiger partial charge in [-0.3, -0.25) is 0 Å². The van der Waals surface area contributed by atoms with E-state index < -0.39 is 5.82 Å². The molecule has 0 spiro atoms. The largest absolute Gasteiger partial charge is 0.313 e. The molecule has 1 aliphatic rings. The minimum absolute atomic E-state index is 0.161. The Morgan fingerprint density at radius 1 is 1.14 bits per heavy atom. The molecule has 3 atom stereocenters. The lowest BCUT2D eigenvalue weighted by molar-refractivity contribution is 0.478. The fraction of sp³-hybridized carbons (Fsp3) is 0.294. The SMILES string of the molecule is CNC(c1cc(F)c(Br)cc1F)C1CC1c1ccccc1. The van der Waals surface area contributed by atoms with E-state index in [1.807, 2.05) is 18.2 Å². The Morgan fingerprint density at radius 2 is 1.86 bits per heavy atom. The lowest BCUT2D eigenvalue weighted by Gasteiger charge is -2.18. The van der Waals surface area contributed by atoms with Crippen molar-refractivity contribution in [2.75, 3.05) is 7.05 Å². The standard InChI is InChI=1S/C17H16BrF2N/c1-21-17(13-8-16(20)14(18)9-15(13)19)12-7-11(12)10-5-3-2-4-6-10/h2-6,8-9,11-12,17,21H,7H2,1H3. The molecule has 110 valence electrons. The molecular weight excluding hydrogens is 336 g/mol. The monoisotopic (exact) mass is 351 g/mol. The maximum absolute atomic E-state index is 14.1. The molecule has 21 heavy (non-hydrogen) atoms. The highest BCUT2D eigenvalue weighted by Gasteiger charge is 2.44. The zero-order valence-electron chi connectivity index (χ0n) is 11.6. The minimum atomic E-state index is -0.427. The zero-order chi connectivity index (χ0) is 15.0. The summed E-state index contributed by atoms with van der Waals surface area (Å²) in [6, 6.07) is 12.5. The Hall–Kier alpha value is -1.26. The number of hydrogen-bond donors (Lipinski definition) is 1. The normalized spacial score (nSPS) is 22.1. The van der Waals surface area contributed by atoms with E-state index in [9.17, 15) is 8.78 Å². The first-order valence-corrected chi connectivity index (χ1v) is 7.77. The lowest BCUT2D eigenvalue weighted by atomic mass is 9.98. The molecule has 0 aliphatic heterocycles. The van der Waals surface area contributed by atoms with Crippen LogP contribution >= 0.6 is 15.9 Å². The number of nitrogens with one attached hydrogen (secondary N) is 1. The molecule has 0 amide bonds. The van der Waals surface area contributed by atoms with Crippen molar-refractivity contribution < 1.29 is 8.78 Å². The Kier molecular flexibility index (Phi) is 4.09. The van der Waals surface area contributed by atoms with Crippen molar-refractivity contribution >= 4 is 15.9 Å². The molecule has 3 rings (SSSR count). The number of hydrogen-bond acceptors (Lipinski definition) is 1. The quantitative estimate of drug-likeness (QED) is 0.780. The number of benzene rings is 2. The van der Waals surface area contributed by atoms with Crippen LogP contribution in [0.25, 0.3) is 0 Å². The van der Waals surface area contributed by atoms with Crippen molar-refractivity contribution in [1.29, 1.82) is 0 Å². The second-order valence-electron chi connectivity index (χ2n) is 5.47. The fourth-order valence-electron chi connectivity index (χ4n) is 3.04. The molecule has 0 aromatic heterocycles. The van der Waals surface area contributed by atoms with E-state index in [2.05, 4.69) is 33.4 Å². The van der Waals surface area contributed by atoms with Crippen LogP contribution in [0.2, 0.25) is 0 Å². The van der Waals surface area contributed by atoms with Crippen LogP contribution in [0.15, 0.2) is 46.9 Å². The topological polar surface area (TPSA) is 12.0 Å². The van der Waals surface area contributed by atoms with Gasteiger partial charge in [0.05, 0.1) is 4.47 Å². The predicted octanol–water partition coefficient (Wildman–Crippen LogP) is 4.79. The van der Waals surface area contributed by atoms with Gasteiger partial charge in [-0.1, -0.05) is 30.3 Å². The maximum atomic E-state index is 14.1. The zero-order valence-corrected chi connectivity index (χ0v) is 13.2. The van der Waals surface area contributed by atoms with Crippen molar-refractivity contribution in [1.82, 2.24) is 5.32 Å². The maximum Gasteiger partial charge on any atom is 0.137 e. The smallest absolute Gasteiger partial charge is 0.137 e. The van der Waals surface area contributed by atoms with E-state index in [4.69, 9.17) is 0 Å². The number of rotatable bonds is 4. The molecule has 0 radical (unpaired) electrons. The van der Waals surface area contributed by atoms with Crippen molar-refractivity contribution in [3.8, 4) is 0 Å². The molecule has 2 aromatic rings. The van der Waals surface area contributed by atoms with E-state index in [0.29, 0.717) is 17.4 Å². The first kappa shape index (κ1) is 14.7. The average molecular weight is 352 g/mol. The first-order chi connectivity index (χ1) is 10.1. The van der Waals surface area contributed by atoms with Gasteiger partial charge < -0.3 is 5.32 Å². The van der Waals surface area contributed by atoms with Crippen LogP contribution < -0.4 is 5.32 Å². The third kappa shape index (κ3) is 2.87. The predicted molar refractivity (Wildman–Crippen MR) is 83.1 cm³/mol. The van der Waals surface area contributed by atoms with Gasteiger partial charge in [-0.2, -0.15) is 0 Å². The van der Waals surface area contributed by atoms with Gasteiger partial charge in [-0.15, -0.1) is 0 Å². The molecule has 1 saturated carbocycles. The molecule has 0 saturated heterocycles. The van der Waals surface area contributed by atoms with Crippen molar-refractivity contribution in [2.24, 2.45) is 5.92 Å². The molecule has 1 aliphatic carbocycles. The van der Waals surface area contributed by atoms with E-state index in [0.717, 1.165) is 6.42 Å². The second kappa shape index (κ2) is 5.85. The Bertz CT molecular complexity index is 645. The molecule has 1 nitrogen and oxygen atoms in total. The van der Waals surface area contributed by atoms with Gasteiger partial charge in [0.15, 0.2) is 0 Å². The third-order valence-corrected chi connectivity index (χ3v) is 4.79.